The largest absolute Gasteiger partial charge is 0.478 e. The molecule has 2 rings (SSSR count). The number of rotatable bonds is 3. The Kier molecular flexibility index (Phi) is 4.13. The molecule has 1 heterocycles. The van der Waals surface area contributed by atoms with Crippen LogP contribution in [-0.4, -0.2) is 11.1 Å². The van der Waals surface area contributed by atoms with Gasteiger partial charge in [0.15, 0.2) is 0 Å². The molecule has 0 saturated heterocycles. The first-order chi connectivity index (χ1) is 9.77. The van der Waals surface area contributed by atoms with Gasteiger partial charge in [-0.05, 0) is 35.9 Å². The maximum atomic E-state index is 13.2. The van der Waals surface area contributed by atoms with Gasteiger partial charge >= 0.3 is 12.1 Å². The van der Waals surface area contributed by atoms with E-state index in [1.54, 1.807) is 12.1 Å². The Morgan fingerprint density at radius 2 is 1.90 bits per heavy atom. The fourth-order valence-electron chi connectivity index (χ4n) is 1.65. The Morgan fingerprint density at radius 3 is 2.52 bits per heavy atom. The van der Waals surface area contributed by atoms with E-state index in [1.807, 2.05) is 0 Å². The first-order valence-corrected chi connectivity index (χ1v) is 6.47. The molecular weight excluding hydrogens is 308 g/mol. The van der Waals surface area contributed by atoms with Gasteiger partial charge in [0.1, 0.15) is 5.82 Å². The van der Waals surface area contributed by atoms with Crippen LogP contribution in [0.4, 0.5) is 17.6 Å². The third kappa shape index (κ3) is 3.69. The second kappa shape index (κ2) is 5.69. The van der Waals surface area contributed by atoms with E-state index in [0.717, 1.165) is 29.5 Å². The molecule has 0 aliphatic rings. The van der Waals surface area contributed by atoms with Gasteiger partial charge < -0.3 is 5.11 Å². The molecule has 7 heteroatoms. The highest BCUT2D eigenvalue weighted by molar-refractivity contribution is 7.16. The second-order valence-electron chi connectivity index (χ2n) is 4.07. The molecule has 1 aromatic heterocycles. The van der Waals surface area contributed by atoms with Gasteiger partial charge in [0, 0.05) is 15.8 Å². The van der Waals surface area contributed by atoms with Gasteiger partial charge in [0.05, 0.1) is 5.56 Å². The molecule has 21 heavy (non-hydrogen) atoms. The van der Waals surface area contributed by atoms with Crippen molar-refractivity contribution in [3.63, 3.8) is 0 Å². The van der Waals surface area contributed by atoms with Crippen LogP contribution in [0.3, 0.4) is 0 Å². The van der Waals surface area contributed by atoms with Crippen LogP contribution in [0.25, 0.3) is 16.5 Å². The molecule has 1 N–H and O–H groups in total. The monoisotopic (exact) mass is 316 g/mol. The fourth-order valence-corrected chi connectivity index (χ4v) is 2.55. The molecule has 0 atom stereocenters. The van der Waals surface area contributed by atoms with Crippen molar-refractivity contribution >= 4 is 23.4 Å². The van der Waals surface area contributed by atoms with E-state index in [-0.39, 0.29) is 5.56 Å². The van der Waals surface area contributed by atoms with Gasteiger partial charge in [-0.25, -0.2) is 9.18 Å². The van der Waals surface area contributed by atoms with E-state index in [0.29, 0.717) is 9.75 Å². The molecule has 0 saturated carbocycles. The lowest BCUT2D eigenvalue weighted by Crippen LogP contribution is -2.07. The summed E-state index contributed by atoms with van der Waals surface area (Å²) < 4.78 is 51.1. The molecule has 0 unspecified atom stereocenters. The highest BCUT2D eigenvalue weighted by atomic mass is 32.1. The Bertz CT molecular complexity index is 701. The number of aliphatic carboxylic acids is 1. The molecule has 0 radical (unpaired) electrons. The molecule has 0 aliphatic heterocycles. The van der Waals surface area contributed by atoms with Gasteiger partial charge in [0.25, 0.3) is 0 Å². The lowest BCUT2D eigenvalue weighted by molar-refractivity contribution is -0.140. The number of carbonyl (C=O) groups is 1. The van der Waals surface area contributed by atoms with Gasteiger partial charge in [-0.3, -0.25) is 0 Å². The molecule has 0 aliphatic carbocycles. The van der Waals surface area contributed by atoms with E-state index in [2.05, 4.69) is 0 Å². The van der Waals surface area contributed by atoms with Crippen LogP contribution < -0.4 is 0 Å². The summed E-state index contributed by atoms with van der Waals surface area (Å²) in [5.74, 6) is -2.44. The summed E-state index contributed by atoms with van der Waals surface area (Å²) in [6.07, 6.45) is -2.49. The highest BCUT2D eigenvalue weighted by Crippen LogP contribution is 2.36. The zero-order valence-corrected chi connectivity index (χ0v) is 11.1. The van der Waals surface area contributed by atoms with Crippen molar-refractivity contribution in [2.75, 3.05) is 0 Å². The summed E-state index contributed by atoms with van der Waals surface area (Å²) in [7, 11) is 0. The summed E-state index contributed by atoms with van der Waals surface area (Å²) >= 11 is 1.11. The standard InChI is InChI=1S/C14H8F4O2S/c15-11-4-1-8(7-10(11)14(16,17)18)12-5-2-9(21-12)3-6-13(19)20/h1-7H,(H,19,20). The van der Waals surface area contributed by atoms with Crippen molar-refractivity contribution in [1.82, 2.24) is 0 Å². The van der Waals surface area contributed by atoms with E-state index >= 15 is 0 Å². The van der Waals surface area contributed by atoms with Crippen LogP contribution in [-0.2, 0) is 11.0 Å². The van der Waals surface area contributed by atoms with Crippen LogP contribution in [0.2, 0.25) is 0 Å². The molecule has 0 spiro atoms. The molecule has 0 bridgehead atoms. The molecule has 1 aromatic carbocycles. The predicted octanol–water partition coefficient (Wildman–Crippen LogP) is 4.67. The van der Waals surface area contributed by atoms with Gasteiger partial charge in [-0.15, -0.1) is 11.3 Å². The third-order valence-electron chi connectivity index (χ3n) is 2.57. The summed E-state index contributed by atoms with van der Waals surface area (Å²) in [6.45, 7) is 0. The number of benzene rings is 1. The van der Waals surface area contributed by atoms with Gasteiger partial charge in [0.2, 0.25) is 0 Å². The number of carboxylic acid groups (broad SMARTS) is 1. The zero-order chi connectivity index (χ0) is 15.6. The Morgan fingerprint density at radius 1 is 1.19 bits per heavy atom. The van der Waals surface area contributed by atoms with Crippen LogP contribution in [0, 0.1) is 5.82 Å². The molecule has 110 valence electrons. The van der Waals surface area contributed by atoms with Crippen LogP contribution >= 0.6 is 11.3 Å². The van der Waals surface area contributed by atoms with E-state index < -0.39 is 23.5 Å². The maximum absolute atomic E-state index is 13.2. The van der Waals surface area contributed by atoms with Crippen LogP contribution in [0.5, 0.6) is 0 Å². The fraction of sp³-hybridized carbons (Fsp3) is 0.0714. The number of thiophene rings is 1. The zero-order valence-electron chi connectivity index (χ0n) is 10.3. The molecule has 0 fully saturated rings. The number of halogens is 4. The predicted molar refractivity (Wildman–Crippen MR) is 71.4 cm³/mol. The first kappa shape index (κ1) is 15.2. The van der Waals surface area contributed by atoms with Crippen molar-refractivity contribution < 1.29 is 27.5 Å². The number of hydrogen-bond acceptors (Lipinski definition) is 2. The lowest BCUT2D eigenvalue weighted by Gasteiger charge is -2.09. The minimum Gasteiger partial charge on any atom is -0.478 e. The summed E-state index contributed by atoms with van der Waals surface area (Å²) in [5, 5.41) is 8.51. The summed E-state index contributed by atoms with van der Waals surface area (Å²) in [6, 6.07) is 5.90. The van der Waals surface area contributed by atoms with E-state index in [4.69, 9.17) is 5.11 Å². The SMILES string of the molecule is O=C(O)C=Cc1ccc(-c2ccc(F)c(C(F)(F)F)c2)s1. The minimum atomic E-state index is -4.76. The van der Waals surface area contributed by atoms with Gasteiger partial charge in [-0.1, -0.05) is 6.07 Å². The summed E-state index contributed by atoms with van der Waals surface area (Å²) in [5.41, 5.74) is -1.10. The van der Waals surface area contributed by atoms with Crippen molar-refractivity contribution in [1.29, 1.82) is 0 Å². The number of hydrogen-bond donors (Lipinski definition) is 1. The molecule has 2 aromatic rings. The average molecular weight is 316 g/mol. The lowest BCUT2D eigenvalue weighted by atomic mass is 10.1. The minimum absolute atomic E-state index is 0.226. The van der Waals surface area contributed by atoms with Crippen molar-refractivity contribution in [2.24, 2.45) is 0 Å². The molecule has 0 amide bonds. The van der Waals surface area contributed by atoms with Crippen molar-refractivity contribution in [3.8, 4) is 10.4 Å². The van der Waals surface area contributed by atoms with Crippen LogP contribution in [0.15, 0.2) is 36.4 Å². The van der Waals surface area contributed by atoms with E-state index in [1.165, 1.54) is 12.1 Å². The smallest absolute Gasteiger partial charge is 0.419 e. The quantitative estimate of drug-likeness (QED) is 0.660. The van der Waals surface area contributed by atoms with Gasteiger partial charge in [-0.2, -0.15) is 13.2 Å². The Balaban J connectivity index is 2.37. The average Bonchev–Trinajstić information content (AvgIpc) is 2.84. The van der Waals surface area contributed by atoms with E-state index in [9.17, 15) is 22.4 Å². The van der Waals surface area contributed by atoms with Crippen molar-refractivity contribution in [2.45, 2.75) is 6.18 Å². The first-order valence-electron chi connectivity index (χ1n) is 5.65. The number of carboxylic acids is 1. The number of alkyl halides is 3. The topological polar surface area (TPSA) is 37.3 Å². The Hall–Kier alpha value is -2.15. The third-order valence-corrected chi connectivity index (χ3v) is 3.67. The second-order valence-corrected chi connectivity index (χ2v) is 5.18. The maximum Gasteiger partial charge on any atom is 0.419 e. The normalized spacial score (nSPS) is 12.0. The Labute approximate surface area is 121 Å². The van der Waals surface area contributed by atoms with Crippen LogP contribution in [0.1, 0.15) is 10.4 Å². The molecule has 2 nitrogen and oxygen atoms in total. The summed E-state index contributed by atoms with van der Waals surface area (Å²) in [4.78, 5) is 11.5. The molecular formula is C14H8F4O2S. The highest BCUT2D eigenvalue weighted by Gasteiger charge is 2.34. The van der Waals surface area contributed by atoms with Crippen molar-refractivity contribution in [3.05, 3.63) is 52.7 Å².